The topological polar surface area (TPSA) is 234 Å². The Hall–Kier alpha value is -3.52. The molecule has 4 atom stereocenters. The Morgan fingerprint density at radius 2 is 1.75 bits per heavy atom. The molecular formula is C22H36N8O6. The number of unbranched alkanes of at least 4 members (excludes halogenated alkanes) is 1. The Balaban J connectivity index is 2.10. The number of carbonyl (C=O) groups is 5. The van der Waals surface area contributed by atoms with E-state index >= 15 is 0 Å². The van der Waals surface area contributed by atoms with Gasteiger partial charge in [0.2, 0.25) is 23.6 Å². The fourth-order valence-electron chi connectivity index (χ4n) is 3.86. The molecule has 0 radical (unpaired) electrons. The van der Waals surface area contributed by atoms with Gasteiger partial charge in [0.05, 0.1) is 12.4 Å². The van der Waals surface area contributed by atoms with Crippen LogP contribution < -0.4 is 32.7 Å². The number of hydrogen-bond donors (Lipinski definition) is 8. The molecule has 0 bridgehead atoms. The molecule has 1 aliphatic rings. The molecule has 0 spiro atoms. The van der Waals surface area contributed by atoms with E-state index in [9.17, 15) is 29.1 Å². The number of nitrogens with zero attached hydrogens (tertiary/aromatic N) is 1. The molecule has 14 nitrogen and oxygen atoms in total. The molecule has 2 rings (SSSR count). The van der Waals surface area contributed by atoms with Crippen LogP contribution in [-0.2, 0) is 30.4 Å². The van der Waals surface area contributed by atoms with Crippen LogP contribution >= 0.6 is 0 Å². The third kappa shape index (κ3) is 9.62. The highest BCUT2D eigenvalue weighted by Gasteiger charge is 2.31. The highest BCUT2D eigenvalue weighted by molar-refractivity contribution is 5.94. The van der Waals surface area contributed by atoms with Crippen molar-refractivity contribution in [1.82, 2.24) is 31.2 Å². The van der Waals surface area contributed by atoms with E-state index in [-0.39, 0.29) is 31.6 Å². The third-order valence-corrected chi connectivity index (χ3v) is 5.86. The van der Waals surface area contributed by atoms with E-state index < -0.39 is 47.9 Å². The second-order valence-corrected chi connectivity index (χ2v) is 8.74. The molecule has 0 saturated carbocycles. The predicted octanol–water partition coefficient (Wildman–Crippen LogP) is -2.36. The number of imidazole rings is 1. The molecule has 36 heavy (non-hydrogen) atoms. The van der Waals surface area contributed by atoms with Crippen LogP contribution in [0.5, 0.6) is 0 Å². The number of primary amides is 1. The van der Waals surface area contributed by atoms with Crippen LogP contribution in [0.15, 0.2) is 12.5 Å². The first kappa shape index (κ1) is 28.7. The van der Waals surface area contributed by atoms with Crippen molar-refractivity contribution in [3.05, 3.63) is 18.2 Å². The number of H-pyrrole nitrogens is 1. The van der Waals surface area contributed by atoms with Crippen molar-refractivity contribution in [1.29, 1.82) is 0 Å². The quantitative estimate of drug-likeness (QED) is 0.111. The van der Waals surface area contributed by atoms with Crippen LogP contribution in [0.1, 0.15) is 50.6 Å². The zero-order chi connectivity index (χ0) is 26.5. The summed E-state index contributed by atoms with van der Waals surface area (Å²) < 4.78 is 0. The molecule has 4 unspecified atom stereocenters. The molecule has 1 aromatic rings. The zero-order valence-electron chi connectivity index (χ0n) is 20.1. The van der Waals surface area contributed by atoms with E-state index in [1.807, 2.05) is 0 Å². The Morgan fingerprint density at radius 3 is 2.31 bits per heavy atom. The normalized spacial score (nSPS) is 17.5. The molecule has 4 amide bonds. The van der Waals surface area contributed by atoms with Gasteiger partial charge in [0, 0.05) is 24.7 Å². The van der Waals surface area contributed by atoms with E-state index in [4.69, 9.17) is 11.5 Å². The number of aromatic amines is 1. The monoisotopic (exact) mass is 508 g/mol. The fourth-order valence-corrected chi connectivity index (χ4v) is 3.86. The van der Waals surface area contributed by atoms with Gasteiger partial charge in [-0.25, -0.2) is 9.78 Å². The summed E-state index contributed by atoms with van der Waals surface area (Å²) in [6.07, 6.45) is 5.35. The lowest BCUT2D eigenvalue weighted by Gasteiger charge is -2.25. The maximum absolute atomic E-state index is 13.1. The summed E-state index contributed by atoms with van der Waals surface area (Å²) >= 11 is 0. The van der Waals surface area contributed by atoms with E-state index in [0.29, 0.717) is 38.0 Å². The Kier molecular flexibility index (Phi) is 11.8. The van der Waals surface area contributed by atoms with Crippen molar-refractivity contribution in [3.63, 3.8) is 0 Å². The summed E-state index contributed by atoms with van der Waals surface area (Å²) in [6.45, 7) is 1.06. The molecule has 200 valence electrons. The minimum Gasteiger partial charge on any atom is -0.480 e. The minimum absolute atomic E-state index is 0.0315. The smallest absolute Gasteiger partial charge is 0.326 e. The summed E-state index contributed by atoms with van der Waals surface area (Å²) in [6, 6.07) is -3.88. The van der Waals surface area contributed by atoms with E-state index in [0.717, 1.165) is 6.42 Å². The van der Waals surface area contributed by atoms with Gasteiger partial charge >= 0.3 is 5.97 Å². The SMILES string of the molecule is NCCCCC(NC(=O)C(CCC(N)=O)NC(=O)C1CCCN1)C(=O)NC(Cc1cnc[nH]1)C(=O)O. The lowest BCUT2D eigenvalue weighted by molar-refractivity contribution is -0.142. The van der Waals surface area contributed by atoms with Crippen molar-refractivity contribution in [2.75, 3.05) is 13.1 Å². The molecule has 0 aliphatic carbocycles. The van der Waals surface area contributed by atoms with E-state index in [2.05, 4.69) is 31.2 Å². The van der Waals surface area contributed by atoms with Crippen molar-refractivity contribution in [3.8, 4) is 0 Å². The highest BCUT2D eigenvalue weighted by atomic mass is 16.4. The maximum Gasteiger partial charge on any atom is 0.326 e. The summed E-state index contributed by atoms with van der Waals surface area (Å²) in [4.78, 5) is 68.3. The van der Waals surface area contributed by atoms with Gasteiger partial charge in [-0.1, -0.05) is 0 Å². The van der Waals surface area contributed by atoms with E-state index in [1.54, 1.807) is 0 Å². The molecule has 14 heteroatoms. The molecule has 1 aliphatic heterocycles. The summed E-state index contributed by atoms with van der Waals surface area (Å²) in [7, 11) is 0. The zero-order valence-corrected chi connectivity index (χ0v) is 20.1. The number of nitrogens with one attached hydrogen (secondary N) is 5. The summed E-state index contributed by atoms with van der Waals surface area (Å²) in [5, 5.41) is 20.3. The van der Waals surface area contributed by atoms with Crippen LogP contribution in [0.2, 0.25) is 0 Å². The highest BCUT2D eigenvalue weighted by Crippen LogP contribution is 2.09. The summed E-state index contributed by atoms with van der Waals surface area (Å²) in [5.41, 5.74) is 11.3. The molecule has 1 fully saturated rings. The van der Waals surface area contributed by atoms with E-state index in [1.165, 1.54) is 12.5 Å². The van der Waals surface area contributed by atoms with Gasteiger partial charge in [-0.15, -0.1) is 0 Å². The lowest BCUT2D eigenvalue weighted by Crippen LogP contribution is -2.57. The van der Waals surface area contributed by atoms with Gasteiger partial charge in [0.25, 0.3) is 0 Å². The second kappa shape index (κ2) is 14.8. The first-order valence-electron chi connectivity index (χ1n) is 12.0. The number of hydrogen-bond acceptors (Lipinski definition) is 8. The average molecular weight is 509 g/mol. The van der Waals surface area contributed by atoms with Gasteiger partial charge in [-0.05, 0) is 51.6 Å². The average Bonchev–Trinajstić information content (AvgIpc) is 3.54. The number of carboxylic acids is 1. The van der Waals surface area contributed by atoms with Gasteiger partial charge in [0.1, 0.15) is 18.1 Å². The molecule has 10 N–H and O–H groups in total. The number of nitrogens with two attached hydrogens (primary N) is 2. The second-order valence-electron chi connectivity index (χ2n) is 8.74. The van der Waals surface area contributed by atoms with Crippen LogP contribution in [0, 0.1) is 0 Å². The van der Waals surface area contributed by atoms with Crippen molar-refractivity contribution < 1.29 is 29.1 Å². The van der Waals surface area contributed by atoms with Gasteiger partial charge in [-0.3, -0.25) is 19.2 Å². The fraction of sp³-hybridized carbons (Fsp3) is 0.636. The standard InChI is InChI=1S/C22H36N8O6/c23-8-2-1-4-15(20(33)30-17(22(35)36)10-13-11-25-12-27-13)28-21(34)16(6-7-18(24)31)29-19(32)14-5-3-9-26-14/h11-12,14-17,26H,1-10,23H2,(H2,24,31)(H,25,27)(H,28,34)(H,29,32)(H,30,33)(H,35,36). The van der Waals surface area contributed by atoms with Crippen LogP contribution in [0.25, 0.3) is 0 Å². The van der Waals surface area contributed by atoms with Crippen LogP contribution in [0.3, 0.4) is 0 Å². The van der Waals surface area contributed by atoms with Crippen LogP contribution in [-0.4, -0.2) is 81.9 Å². The molecular weight excluding hydrogens is 472 g/mol. The first-order chi connectivity index (χ1) is 17.2. The van der Waals surface area contributed by atoms with Gasteiger partial charge in [0.15, 0.2) is 0 Å². The largest absolute Gasteiger partial charge is 0.480 e. The number of amides is 4. The van der Waals surface area contributed by atoms with Crippen molar-refractivity contribution in [2.45, 2.75) is 75.5 Å². The number of carboxylic acid groups (broad SMARTS) is 1. The number of rotatable bonds is 16. The molecule has 1 aromatic heterocycles. The van der Waals surface area contributed by atoms with Crippen LogP contribution in [0.4, 0.5) is 0 Å². The molecule has 1 saturated heterocycles. The first-order valence-corrected chi connectivity index (χ1v) is 12.0. The third-order valence-electron chi connectivity index (χ3n) is 5.86. The number of aromatic nitrogens is 2. The number of carbonyl (C=O) groups excluding carboxylic acids is 4. The van der Waals surface area contributed by atoms with Gasteiger partial charge in [-0.2, -0.15) is 0 Å². The number of aliphatic carboxylic acids is 1. The van der Waals surface area contributed by atoms with Crippen molar-refractivity contribution >= 4 is 29.6 Å². The molecule has 0 aromatic carbocycles. The predicted molar refractivity (Wildman–Crippen MR) is 128 cm³/mol. The summed E-state index contributed by atoms with van der Waals surface area (Å²) in [5.74, 6) is -3.63. The lowest BCUT2D eigenvalue weighted by atomic mass is 10.0. The van der Waals surface area contributed by atoms with Crippen molar-refractivity contribution in [2.24, 2.45) is 11.5 Å². The van der Waals surface area contributed by atoms with Gasteiger partial charge < -0.3 is 42.8 Å². The maximum atomic E-state index is 13.1. The Bertz CT molecular complexity index is 887. The Morgan fingerprint density at radius 1 is 1.06 bits per heavy atom. The Labute approximate surface area is 208 Å². The molecule has 2 heterocycles. The minimum atomic E-state index is -1.26.